The number of hydrogen-bond acceptors (Lipinski definition) is 4. The highest BCUT2D eigenvalue weighted by Gasteiger charge is 2.36. The van der Waals surface area contributed by atoms with Crippen LogP contribution in [0.2, 0.25) is 0 Å². The molecule has 1 fully saturated rings. The van der Waals surface area contributed by atoms with E-state index in [0.29, 0.717) is 23.9 Å². The quantitative estimate of drug-likeness (QED) is 0.796. The van der Waals surface area contributed by atoms with Gasteiger partial charge in [0.1, 0.15) is 5.84 Å². The summed E-state index contributed by atoms with van der Waals surface area (Å²) < 4.78 is 27.0. The standard InChI is InChI=1S/C19H21N3O3S/c1-14-17(15-5-3-2-4-6-15)9-10-22(14)19(23)16-7-8-18-20-26(24,25)12-11-21(18)13-16/h2-8,13-14,17H,9-12H2,1H3/t14-,17+/m1/s1. The van der Waals surface area contributed by atoms with Crippen molar-refractivity contribution in [1.29, 1.82) is 0 Å². The first-order valence-electron chi connectivity index (χ1n) is 8.80. The van der Waals surface area contributed by atoms with Crippen molar-refractivity contribution >= 4 is 21.8 Å². The number of amidine groups is 1. The van der Waals surface area contributed by atoms with E-state index in [4.69, 9.17) is 0 Å². The smallest absolute Gasteiger partial charge is 0.256 e. The van der Waals surface area contributed by atoms with Crippen molar-refractivity contribution in [2.24, 2.45) is 4.40 Å². The van der Waals surface area contributed by atoms with E-state index >= 15 is 0 Å². The summed E-state index contributed by atoms with van der Waals surface area (Å²) in [5, 5.41) is 0. The van der Waals surface area contributed by atoms with Gasteiger partial charge in [0.25, 0.3) is 15.9 Å². The van der Waals surface area contributed by atoms with Gasteiger partial charge in [0.2, 0.25) is 0 Å². The highest BCUT2D eigenvalue weighted by atomic mass is 32.2. The molecule has 0 aromatic heterocycles. The Kier molecular flexibility index (Phi) is 4.19. The molecule has 0 spiro atoms. The van der Waals surface area contributed by atoms with Crippen LogP contribution in [0.3, 0.4) is 0 Å². The van der Waals surface area contributed by atoms with Gasteiger partial charge >= 0.3 is 0 Å². The molecule has 1 saturated heterocycles. The fourth-order valence-electron chi connectivity index (χ4n) is 3.87. The van der Waals surface area contributed by atoms with E-state index < -0.39 is 10.0 Å². The SMILES string of the molecule is C[C@@H]1[C@@H](c2ccccc2)CCN1C(=O)C1=CN2CCS(=O)(=O)N=C2C=C1. The first-order chi connectivity index (χ1) is 12.4. The lowest BCUT2D eigenvalue weighted by Crippen LogP contribution is -2.40. The van der Waals surface area contributed by atoms with Crippen LogP contribution in [0, 0.1) is 0 Å². The molecule has 0 radical (unpaired) electrons. The summed E-state index contributed by atoms with van der Waals surface area (Å²) >= 11 is 0. The Morgan fingerprint density at radius 2 is 1.92 bits per heavy atom. The van der Waals surface area contributed by atoms with Gasteiger partial charge in [-0.2, -0.15) is 0 Å². The normalized spacial score (nSPS) is 27.0. The van der Waals surface area contributed by atoms with Gasteiger partial charge in [-0.05, 0) is 31.1 Å². The summed E-state index contributed by atoms with van der Waals surface area (Å²) in [5.41, 5.74) is 1.84. The molecule has 4 rings (SSSR count). The van der Waals surface area contributed by atoms with Gasteiger partial charge in [-0.15, -0.1) is 4.40 Å². The van der Waals surface area contributed by atoms with E-state index in [1.54, 1.807) is 23.3 Å². The lowest BCUT2D eigenvalue weighted by Gasteiger charge is -2.30. The van der Waals surface area contributed by atoms with E-state index in [9.17, 15) is 13.2 Å². The lowest BCUT2D eigenvalue weighted by molar-refractivity contribution is -0.127. The number of amides is 1. The van der Waals surface area contributed by atoms with Crippen molar-refractivity contribution in [3.05, 3.63) is 59.8 Å². The molecule has 26 heavy (non-hydrogen) atoms. The van der Waals surface area contributed by atoms with Gasteiger partial charge in [0.05, 0.1) is 11.3 Å². The third kappa shape index (κ3) is 3.07. The molecule has 1 amide bonds. The molecule has 0 saturated carbocycles. The molecule has 3 aliphatic rings. The molecule has 6 nitrogen and oxygen atoms in total. The number of rotatable bonds is 2. The maximum absolute atomic E-state index is 13.0. The molecule has 3 heterocycles. The monoisotopic (exact) mass is 371 g/mol. The summed E-state index contributed by atoms with van der Waals surface area (Å²) in [4.78, 5) is 16.7. The Hall–Kier alpha value is -2.41. The average molecular weight is 371 g/mol. The first kappa shape index (κ1) is 17.0. The summed E-state index contributed by atoms with van der Waals surface area (Å²) in [5.74, 6) is 0.674. The maximum Gasteiger partial charge on any atom is 0.256 e. The summed E-state index contributed by atoms with van der Waals surface area (Å²) in [7, 11) is -3.38. The van der Waals surface area contributed by atoms with Crippen LogP contribution in [0.15, 0.2) is 58.7 Å². The van der Waals surface area contributed by atoms with Gasteiger partial charge in [-0.3, -0.25) is 4.79 Å². The predicted octanol–water partition coefficient (Wildman–Crippen LogP) is 1.89. The Morgan fingerprint density at radius 1 is 1.15 bits per heavy atom. The number of fused-ring (bicyclic) bond motifs is 1. The van der Waals surface area contributed by atoms with Crippen molar-refractivity contribution < 1.29 is 13.2 Å². The molecule has 136 valence electrons. The van der Waals surface area contributed by atoms with Crippen LogP contribution in [0.4, 0.5) is 0 Å². The van der Waals surface area contributed by atoms with E-state index in [2.05, 4.69) is 23.5 Å². The average Bonchev–Trinajstić information content (AvgIpc) is 3.02. The molecule has 0 bridgehead atoms. The van der Waals surface area contributed by atoms with E-state index in [0.717, 1.165) is 13.0 Å². The number of carbonyl (C=O) groups excluding carboxylic acids is 1. The Balaban J connectivity index is 1.53. The van der Waals surface area contributed by atoms with Crippen LogP contribution in [-0.2, 0) is 14.8 Å². The number of nitrogens with zero attached hydrogens (tertiary/aromatic N) is 3. The van der Waals surface area contributed by atoms with Gasteiger partial charge in [-0.25, -0.2) is 8.42 Å². The van der Waals surface area contributed by atoms with Gasteiger partial charge < -0.3 is 9.80 Å². The molecule has 7 heteroatoms. The highest BCUT2D eigenvalue weighted by molar-refractivity contribution is 7.90. The van der Waals surface area contributed by atoms with Crippen LogP contribution in [-0.4, -0.2) is 54.8 Å². The topological polar surface area (TPSA) is 70.1 Å². The molecular weight excluding hydrogens is 350 g/mol. The molecule has 0 N–H and O–H groups in total. The number of sulfonamides is 1. The number of hydrogen-bond donors (Lipinski definition) is 0. The molecule has 0 unspecified atom stereocenters. The first-order valence-corrected chi connectivity index (χ1v) is 10.4. The fourth-order valence-corrected chi connectivity index (χ4v) is 4.83. The number of benzene rings is 1. The van der Waals surface area contributed by atoms with Crippen LogP contribution in [0.25, 0.3) is 0 Å². The zero-order valence-electron chi connectivity index (χ0n) is 14.6. The second-order valence-electron chi connectivity index (χ2n) is 6.89. The van der Waals surface area contributed by atoms with Gasteiger partial charge in [0, 0.05) is 31.2 Å². The zero-order chi connectivity index (χ0) is 18.3. The van der Waals surface area contributed by atoms with E-state index in [1.165, 1.54) is 5.56 Å². The minimum atomic E-state index is -3.38. The summed E-state index contributed by atoms with van der Waals surface area (Å²) in [6.07, 6.45) is 5.95. The maximum atomic E-state index is 13.0. The van der Waals surface area contributed by atoms with Crippen molar-refractivity contribution in [3.8, 4) is 0 Å². The molecule has 3 aliphatic heterocycles. The fraction of sp³-hybridized carbons (Fsp3) is 0.368. The molecule has 0 aliphatic carbocycles. The highest BCUT2D eigenvalue weighted by Crippen LogP contribution is 2.34. The third-order valence-electron chi connectivity index (χ3n) is 5.31. The van der Waals surface area contributed by atoms with Crippen molar-refractivity contribution in [2.45, 2.75) is 25.3 Å². The van der Waals surface area contributed by atoms with Crippen molar-refractivity contribution in [1.82, 2.24) is 9.80 Å². The van der Waals surface area contributed by atoms with Crippen LogP contribution >= 0.6 is 0 Å². The largest absolute Gasteiger partial charge is 0.335 e. The predicted molar refractivity (Wildman–Crippen MR) is 100 cm³/mol. The minimum Gasteiger partial charge on any atom is -0.335 e. The van der Waals surface area contributed by atoms with Crippen LogP contribution in [0.5, 0.6) is 0 Å². The number of carbonyl (C=O) groups is 1. The molecule has 1 aromatic rings. The molecular formula is C19H21N3O3S. The second-order valence-corrected chi connectivity index (χ2v) is 8.65. The van der Waals surface area contributed by atoms with Crippen LogP contribution in [0.1, 0.15) is 24.8 Å². The summed E-state index contributed by atoms with van der Waals surface area (Å²) in [6.45, 7) is 3.14. The second kappa shape index (κ2) is 6.39. The Bertz CT molecular complexity index is 919. The van der Waals surface area contributed by atoms with Gasteiger partial charge in [0.15, 0.2) is 0 Å². The third-order valence-corrected chi connectivity index (χ3v) is 6.48. The zero-order valence-corrected chi connectivity index (χ0v) is 15.4. The van der Waals surface area contributed by atoms with E-state index in [-0.39, 0.29) is 17.7 Å². The summed E-state index contributed by atoms with van der Waals surface area (Å²) in [6, 6.07) is 10.4. The van der Waals surface area contributed by atoms with Gasteiger partial charge in [-0.1, -0.05) is 30.3 Å². The Morgan fingerprint density at radius 3 is 2.69 bits per heavy atom. The van der Waals surface area contributed by atoms with Crippen molar-refractivity contribution in [3.63, 3.8) is 0 Å². The molecule has 1 aromatic carbocycles. The Labute approximate surface area is 153 Å². The minimum absolute atomic E-state index is 0.0142. The molecule has 2 atom stereocenters. The van der Waals surface area contributed by atoms with Crippen LogP contribution < -0.4 is 0 Å². The van der Waals surface area contributed by atoms with E-state index in [1.807, 2.05) is 23.1 Å². The number of likely N-dealkylation sites (tertiary alicyclic amines) is 1. The van der Waals surface area contributed by atoms with Crippen molar-refractivity contribution in [2.75, 3.05) is 18.8 Å². The lowest BCUT2D eigenvalue weighted by atomic mass is 9.93.